The van der Waals surface area contributed by atoms with Crippen LogP contribution in [0.4, 0.5) is 0 Å². The third-order valence-corrected chi connectivity index (χ3v) is 3.09. The lowest BCUT2D eigenvalue weighted by Gasteiger charge is -2.25. The third-order valence-electron chi connectivity index (χ3n) is 2.26. The molecule has 1 N–H and O–H groups in total. The van der Waals surface area contributed by atoms with Crippen LogP contribution in [0.2, 0.25) is 5.02 Å². The van der Waals surface area contributed by atoms with E-state index in [1.807, 2.05) is 18.2 Å². The standard InChI is InChI=1S/C10H11BrClNO.ClH/c11-7-1-2-9(12)8(5-7)10-6-14-4-3-13-10;/h1-2,5,10,13H,3-4,6H2;1H/t10-;/m1./s1. The van der Waals surface area contributed by atoms with E-state index in [0.29, 0.717) is 6.61 Å². The summed E-state index contributed by atoms with van der Waals surface area (Å²) in [5.74, 6) is 0. The minimum atomic E-state index is 0. The highest BCUT2D eigenvalue weighted by atomic mass is 79.9. The highest BCUT2D eigenvalue weighted by Crippen LogP contribution is 2.27. The Morgan fingerprint density at radius 1 is 1.47 bits per heavy atom. The van der Waals surface area contributed by atoms with Crippen LogP contribution in [0.5, 0.6) is 0 Å². The van der Waals surface area contributed by atoms with Gasteiger partial charge in [0.2, 0.25) is 0 Å². The highest BCUT2D eigenvalue weighted by molar-refractivity contribution is 9.10. The molecule has 0 amide bonds. The van der Waals surface area contributed by atoms with Gasteiger partial charge in [-0.15, -0.1) is 12.4 Å². The van der Waals surface area contributed by atoms with Gasteiger partial charge < -0.3 is 10.1 Å². The lowest BCUT2D eigenvalue weighted by Crippen LogP contribution is -2.34. The van der Waals surface area contributed by atoms with Crippen LogP contribution >= 0.6 is 39.9 Å². The van der Waals surface area contributed by atoms with E-state index < -0.39 is 0 Å². The van der Waals surface area contributed by atoms with Gasteiger partial charge in [-0.25, -0.2) is 0 Å². The third kappa shape index (κ3) is 3.33. The Bertz CT molecular complexity index is 329. The molecule has 5 heteroatoms. The average Bonchev–Trinajstić information content (AvgIpc) is 2.23. The normalized spacial score (nSPS) is 20.8. The number of halogens is 3. The molecule has 2 rings (SSSR count). The second-order valence-corrected chi connectivity index (χ2v) is 4.57. The first kappa shape index (κ1) is 13.3. The van der Waals surface area contributed by atoms with Crippen LogP contribution in [-0.2, 0) is 4.74 Å². The van der Waals surface area contributed by atoms with Crippen molar-refractivity contribution in [3.63, 3.8) is 0 Å². The number of rotatable bonds is 1. The van der Waals surface area contributed by atoms with Crippen molar-refractivity contribution in [3.05, 3.63) is 33.3 Å². The first-order chi connectivity index (χ1) is 6.77. The summed E-state index contributed by atoms with van der Waals surface area (Å²) in [4.78, 5) is 0. The maximum absolute atomic E-state index is 6.11. The predicted octanol–water partition coefficient (Wildman–Crippen LogP) is 3.19. The maximum atomic E-state index is 6.11. The predicted molar refractivity (Wildman–Crippen MR) is 68.0 cm³/mol. The lowest BCUT2D eigenvalue weighted by atomic mass is 10.1. The van der Waals surface area contributed by atoms with E-state index >= 15 is 0 Å². The molecule has 2 nitrogen and oxygen atoms in total. The number of ether oxygens (including phenoxy) is 1. The first-order valence-corrected chi connectivity index (χ1v) is 5.70. The van der Waals surface area contributed by atoms with Gasteiger partial charge in [0.05, 0.1) is 19.3 Å². The molecular formula is C10H12BrCl2NO. The molecule has 0 bridgehead atoms. The quantitative estimate of drug-likeness (QED) is 0.860. The zero-order valence-corrected chi connectivity index (χ0v) is 11.2. The van der Waals surface area contributed by atoms with Gasteiger partial charge in [-0.2, -0.15) is 0 Å². The second-order valence-electron chi connectivity index (χ2n) is 3.25. The fraction of sp³-hybridized carbons (Fsp3) is 0.400. The van der Waals surface area contributed by atoms with Crippen molar-refractivity contribution < 1.29 is 4.74 Å². The summed E-state index contributed by atoms with van der Waals surface area (Å²) in [6.45, 7) is 2.35. The molecule has 0 unspecified atom stereocenters. The van der Waals surface area contributed by atoms with Crippen molar-refractivity contribution in [2.24, 2.45) is 0 Å². The molecule has 0 aliphatic carbocycles. The molecule has 0 radical (unpaired) electrons. The minimum Gasteiger partial charge on any atom is -0.378 e. The summed E-state index contributed by atoms with van der Waals surface area (Å²) < 4.78 is 6.44. The SMILES string of the molecule is Cl.Clc1ccc(Br)cc1[C@H]1COCCN1. The van der Waals surface area contributed by atoms with Crippen molar-refractivity contribution in [1.29, 1.82) is 0 Å². The van der Waals surface area contributed by atoms with Crippen LogP contribution in [0, 0.1) is 0 Å². The Morgan fingerprint density at radius 3 is 2.93 bits per heavy atom. The summed E-state index contributed by atoms with van der Waals surface area (Å²) in [6.07, 6.45) is 0. The fourth-order valence-electron chi connectivity index (χ4n) is 1.55. The van der Waals surface area contributed by atoms with Gasteiger partial charge in [-0.05, 0) is 23.8 Å². The Hall–Kier alpha value is 0.200. The van der Waals surface area contributed by atoms with E-state index in [9.17, 15) is 0 Å². The van der Waals surface area contributed by atoms with Crippen LogP contribution in [0.15, 0.2) is 22.7 Å². The van der Waals surface area contributed by atoms with Gasteiger partial charge in [-0.3, -0.25) is 0 Å². The zero-order valence-electron chi connectivity index (χ0n) is 8.00. The molecule has 1 saturated heterocycles. The zero-order chi connectivity index (χ0) is 9.97. The fourth-order valence-corrected chi connectivity index (χ4v) is 2.17. The molecule has 1 aliphatic rings. The van der Waals surface area contributed by atoms with Crippen LogP contribution in [0.1, 0.15) is 11.6 Å². The lowest BCUT2D eigenvalue weighted by molar-refractivity contribution is 0.0769. The molecule has 1 fully saturated rings. The Labute approximate surface area is 109 Å². The molecule has 0 aromatic heterocycles. The van der Waals surface area contributed by atoms with Crippen LogP contribution < -0.4 is 5.32 Å². The molecule has 1 aliphatic heterocycles. The first-order valence-electron chi connectivity index (χ1n) is 4.53. The van der Waals surface area contributed by atoms with Crippen LogP contribution in [0.3, 0.4) is 0 Å². The Kier molecular flexibility index (Phi) is 5.36. The van der Waals surface area contributed by atoms with Crippen molar-refractivity contribution in [1.82, 2.24) is 5.32 Å². The smallest absolute Gasteiger partial charge is 0.0662 e. The molecular weight excluding hydrogens is 301 g/mol. The summed E-state index contributed by atoms with van der Waals surface area (Å²) >= 11 is 9.55. The van der Waals surface area contributed by atoms with Crippen molar-refractivity contribution in [3.8, 4) is 0 Å². The van der Waals surface area contributed by atoms with E-state index in [4.69, 9.17) is 16.3 Å². The number of benzene rings is 1. The Balaban J connectivity index is 0.00000112. The largest absolute Gasteiger partial charge is 0.378 e. The van der Waals surface area contributed by atoms with Gasteiger partial charge in [0, 0.05) is 16.0 Å². The molecule has 0 saturated carbocycles. The van der Waals surface area contributed by atoms with Crippen LogP contribution in [0.25, 0.3) is 0 Å². The van der Waals surface area contributed by atoms with Crippen molar-refractivity contribution in [2.75, 3.05) is 19.8 Å². The van der Waals surface area contributed by atoms with Crippen LogP contribution in [-0.4, -0.2) is 19.8 Å². The van der Waals surface area contributed by atoms with Gasteiger partial charge >= 0.3 is 0 Å². The summed E-state index contributed by atoms with van der Waals surface area (Å²) in [6, 6.07) is 6.09. The van der Waals surface area contributed by atoms with Gasteiger partial charge in [0.15, 0.2) is 0 Å². The van der Waals surface area contributed by atoms with Gasteiger partial charge in [0.25, 0.3) is 0 Å². The van der Waals surface area contributed by atoms with E-state index in [1.165, 1.54) is 0 Å². The van der Waals surface area contributed by atoms with E-state index in [0.717, 1.165) is 28.2 Å². The number of hydrogen-bond acceptors (Lipinski definition) is 2. The van der Waals surface area contributed by atoms with Gasteiger partial charge in [-0.1, -0.05) is 27.5 Å². The van der Waals surface area contributed by atoms with E-state index in [2.05, 4.69) is 21.2 Å². The molecule has 1 aromatic rings. The summed E-state index contributed by atoms with van der Waals surface area (Å²) in [5, 5.41) is 4.16. The van der Waals surface area contributed by atoms with Crippen molar-refractivity contribution >= 4 is 39.9 Å². The molecule has 15 heavy (non-hydrogen) atoms. The topological polar surface area (TPSA) is 21.3 Å². The molecule has 84 valence electrons. The summed E-state index contributed by atoms with van der Waals surface area (Å²) in [5.41, 5.74) is 1.10. The summed E-state index contributed by atoms with van der Waals surface area (Å²) in [7, 11) is 0. The van der Waals surface area contributed by atoms with Gasteiger partial charge in [0.1, 0.15) is 0 Å². The average molecular weight is 313 g/mol. The molecule has 1 aromatic carbocycles. The molecule has 1 atom stereocenters. The van der Waals surface area contributed by atoms with E-state index in [-0.39, 0.29) is 18.4 Å². The minimum absolute atomic E-state index is 0. The highest BCUT2D eigenvalue weighted by Gasteiger charge is 2.17. The number of morpholine rings is 1. The monoisotopic (exact) mass is 311 g/mol. The van der Waals surface area contributed by atoms with E-state index in [1.54, 1.807) is 0 Å². The van der Waals surface area contributed by atoms with Crippen molar-refractivity contribution in [2.45, 2.75) is 6.04 Å². The second kappa shape index (κ2) is 6.06. The number of hydrogen-bond donors (Lipinski definition) is 1. The molecule has 0 spiro atoms. The molecule has 1 heterocycles. The maximum Gasteiger partial charge on any atom is 0.0662 e. The Morgan fingerprint density at radius 2 is 2.27 bits per heavy atom. The number of nitrogens with one attached hydrogen (secondary N) is 1.